The fourth-order valence-electron chi connectivity index (χ4n) is 2.24. The second-order valence-electron chi connectivity index (χ2n) is 5.42. The molecule has 2 rings (SSSR count). The van der Waals surface area contributed by atoms with Gasteiger partial charge in [-0.25, -0.2) is 4.39 Å². The first-order valence-corrected chi connectivity index (χ1v) is 7.36. The highest BCUT2D eigenvalue weighted by Crippen LogP contribution is 2.28. The number of morpholine rings is 1. The lowest BCUT2D eigenvalue weighted by molar-refractivity contribution is 0.0398. The second-order valence-corrected chi connectivity index (χ2v) is 5.42. The summed E-state index contributed by atoms with van der Waals surface area (Å²) in [5.41, 5.74) is 6.95. The number of nitrogens with zero attached hydrogens (tertiary/aromatic N) is 1. The first-order chi connectivity index (χ1) is 10.1. The van der Waals surface area contributed by atoms with E-state index in [1.54, 1.807) is 6.07 Å². The Kier molecular flexibility index (Phi) is 5.64. The van der Waals surface area contributed by atoms with Crippen molar-refractivity contribution in [3.05, 3.63) is 17.9 Å². The molecule has 1 aliphatic rings. The molecule has 0 aromatic heterocycles. The summed E-state index contributed by atoms with van der Waals surface area (Å²) < 4.78 is 24.5. The lowest BCUT2D eigenvalue weighted by atomic mass is 10.2. The van der Waals surface area contributed by atoms with E-state index in [-0.39, 0.29) is 11.9 Å². The Morgan fingerprint density at radius 2 is 2.10 bits per heavy atom. The smallest absolute Gasteiger partial charge is 0.167 e. The number of ether oxygens (including phenoxy) is 2. The minimum absolute atomic E-state index is 0.0793. The summed E-state index contributed by atoms with van der Waals surface area (Å²) in [6, 6.07) is 2.93. The maximum Gasteiger partial charge on any atom is 0.167 e. The lowest BCUT2D eigenvalue weighted by Gasteiger charge is -2.26. The van der Waals surface area contributed by atoms with Gasteiger partial charge in [-0.15, -0.1) is 0 Å². The minimum Gasteiger partial charge on any atom is -0.488 e. The SMILES string of the molecule is CC(C)Oc1cc(NCCN2CCOCC2)c(N)cc1F. The summed E-state index contributed by atoms with van der Waals surface area (Å²) in [7, 11) is 0. The van der Waals surface area contributed by atoms with Crippen molar-refractivity contribution in [2.75, 3.05) is 50.4 Å². The highest BCUT2D eigenvalue weighted by Gasteiger charge is 2.12. The number of nitrogens with two attached hydrogens (primary N) is 1. The summed E-state index contributed by atoms with van der Waals surface area (Å²) >= 11 is 0. The predicted octanol–water partition coefficient (Wildman–Crippen LogP) is 1.94. The molecule has 5 nitrogen and oxygen atoms in total. The molecular formula is C15H24FN3O2. The molecule has 1 fully saturated rings. The average molecular weight is 297 g/mol. The molecule has 0 amide bonds. The van der Waals surface area contributed by atoms with Gasteiger partial charge in [0, 0.05) is 38.3 Å². The van der Waals surface area contributed by atoms with Gasteiger partial charge >= 0.3 is 0 Å². The molecule has 0 aliphatic carbocycles. The van der Waals surface area contributed by atoms with E-state index < -0.39 is 5.82 Å². The van der Waals surface area contributed by atoms with Gasteiger partial charge in [0.25, 0.3) is 0 Å². The van der Waals surface area contributed by atoms with Gasteiger partial charge < -0.3 is 20.5 Å². The minimum atomic E-state index is -0.431. The van der Waals surface area contributed by atoms with E-state index >= 15 is 0 Å². The third kappa shape index (κ3) is 4.75. The van der Waals surface area contributed by atoms with Gasteiger partial charge in [0.1, 0.15) is 0 Å². The molecule has 0 saturated carbocycles. The van der Waals surface area contributed by atoms with Crippen LogP contribution in [0.15, 0.2) is 12.1 Å². The molecule has 1 heterocycles. The topological polar surface area (TPSA) is 59.8 Å². The first-order valence-electron chi connectivity index (χ1n) is 7.36. The summed E-state index contributed by atoms with van der Waals surface area (Å²) in [6.07, 6.45) is -0.0793. The first kappa shape index (κ1) is 15.9. The molecule has 0 bridgehead atoms. The Hall–Kier alpha value is -1.53. The lowest BCUT2D eigenvalue weighted by Crippen LogP contribution is -2.39. The molecule has 1 saturated heterocycles. The number of rotatable bonds is 6. The molecule has 0 atom stereocenters. The Morgan fingerprint density at radius 1 is 1.38 bits per heavy atom. The third-order valence-electron chi connectivity index (χ3n) is 3.31. The fourth-order valence-corrected chi connectivity index (χ4v) is 2.24. The van der Waals surface area contributed by atoms with Crippen LogP contribution in [-0.2, 0) is 4.74 Å². The van der Waals surface area contributed by atoms with E-state index in [0.717, 1.165) is 39.4 Å². The van der Waals surface area contributed by atoms with E-state index in [1.165, 1.54) is 6.07 Å². The number of nitrogens with one attached hydrogen (secondary N) is 1. The fraction of sp³-hybridized carbons (Fsp3) is 0.600. The Labute approximate surface area is 125 Å². The van der Waals surface area contributed by atoms with Crippen LogP contribution >= 0.6 is 0 Å². The van der Waals surface area contributed by atoms with E-state index in [4.69, 9.17) is 15.2 Å². The number of benzene rings is 1. The zero-order valence-electron chi connectivity index (χ0n) is 12.7. The molecular weight excluding hydrogens is 273 g/mol. The van der Waals surface area contributed by atoms with Crippen molar-refractivity contribution in [2.45, 2.75) is 20.0 Å². The average Bonchev–Trinajstić information content (AvgIpc) is 2.44. The van der Waals surface area contributed by atoms with E-state index in [0.29, 0.717) is 11.4 Å². The van der Waals surface area contributed by atoms with Crippen molar-refractivity contribution in [3.63, 3.8) is 0 Å². The van der Waals surface area contributed by atoms with E-state index in [2.05, 4.69) is 10.2 Å². The molecule has 3 N–H and O–H groups in total. The van der Waals surface area contributed by atoms with E-state index in [1.807, 2.05) is 13.8 Å². The van der Waals surface area contributed by atoms with Gasteiger partial charge in [-0.1, -0.05) is 0 Å². The maximum absolute atomic E-state index is 13.7. The van der Waals surface area contributed by atoms with Crippen LogP contribution in [-0.4, -0.2) is 50.4 Å². The van der Waals surface area contributed by atoms with Crippen molar-refractivity contribution in [1.82, 2.24) is 4.90 Å². The van der Waals surface area contributed by atoms with Crippen LogP contribution in [0.2, 0.25) is 0 Å². The summed E-state index contributed by atoms with van der Waals surface area (Å²) in [5.74, 6) is -0.201. The van der Waals surface area contributed by atoms with E-state index in [9.17, 15) is 4.39 Å². The quantitative estimate of drug-likeness (QED) is 0.786. The van der Waals surface area contributed by atoms with Gasteiger partial charge in [-0.05, 0) is 13.8 Å². The highest BCUT2D eigenvalue weighted by atomic mass is 19.1. The van der Waals surface area contributed by atoms with Crippen LogP contribution in [0.4, 0.5) is 15.8 Å². The van der Waals surface area contributed by atoms with Gasteiger partial charge in [-0.3, -0.25) is 4.90 Å². The number of halogens is 1. The standard InChI is InChI=1S/C15H24FN3O2/c1-11(2)21-15-10-14(13(17)9-12(15)16)18-3-4-19-5-7-20-8-6-19/h9-11,18H,3-8,17H2,1-2H3. The molecule has 6 heteroatoms. The summed E-state index contributed by atoms with van der Waals surface area (Å²) in [6.45, 7) is 8.83. The van der Waals surface area contributed by atoms with Crippen molar-refractivity contribution in [2.24, 2.45) is 0 Å². The number of hydrogen-bond donors (Lipinski definition) is 2. The Bertz CT molecular complexity index is 462. The predicted molar refractivity (Wildman–Crippen MR) is 82.3 cm³/mol. The maximum atomic E-state index is 13.7. The third-order valence-corrected chi connectivity index (χ3v) is 3.31. The van der Waals surface area contributed by atoms with Crippen molar-refractivity contribution < 1.29 is 13.9 Å². The van der Waals surface area contributed by atoms with Crippen LogP contribution in [0.3, 0.4) is 0 Å². The van der Waals surface area contributed by atoms with Crippen LogP contribution in [0, 0.1) is 5.82 Å². The molecule has 21 heavy (non-hydrogen) atoms. The van der Waals surface area contributed by atoms with Gasteiger partial charge in [0.2, 0.25) is 0 Å². The molecule has 0 radical (unpaired) electrons. The highest BCUT2D eigenvalue weighted by molar-refractivity contribution is 5.68. The van der Waals surface area contributed by atoms with Crippen LogP contribution in [0.5, 0.6) is 5.75 Å². The largest absolute Gasteiger partial charge is 0.488 e. The molecule has 0 unspecified atom stereocenters. The number of anilines is 2. The van der Waals surface area contributed by atoms with Crippen molar-refractivity contribution in [3.8, 4) is 5.75 Å². The normalized spacial score (nSPS) is 16.2. The van der Waals surface area contributed by atoms with Crippen LogP contribution in [0.1, 0.15) is 13.8 Å². The van der Waals surface area contributed by atoms with Gasteiger partial charge in [-0.2, -0.15) is 0 Å². The Morgan fingerprint density at radius 3 is 2.76 bits per heavy atom. The van der Waals surface area contributed by atoms with Crippen LogP contribution < -0.4 is 15.8 Å². The van der Waals surface area contributed by atoms with Gasteiger partial charge in [0.15, 0.2) is 11.6 Å². The molecule has 1 aliphatic heterocycles. The number of hydrogen-bond acceptors (Lipinski definition) is 5. The Balaban J connectivity index is 1.92. The molecule has 118 valence electrons. The summed E-state index contributed by atoms with van der Waals surface area (Å²) in [5, 5.41) is 3.25. The molecule has 0 spiro atoms. The molecule has 1 aromatic rings. The monoisotopic (exact) mass is 297 g/mol. The second kappa shape index (κ2) is 7.47. The summed E-state index contributed by atoms with van der Waals surface area (Å²) in [4.78, 5) is 2.32. The van der Waals surface area contributed by atoms with Crippen LogP contribution in [0.25, 0.3) is 0 Å². The van der Waals surface area contributed by atoms with Gasteiger partial charge in [0.05, 0.1) is 30.7 Å². The zero-order chi connectivity index (χ0) is 15.2. The van der Waals surface area contributed by atoms with Crippen molar-refractivity contribution >= 4 is 11.4 Å². The van der Waals surface area contributed by atoms with Crippen molar-refractivity contribution in [1.29, 1.82) is 0 Å². The number of nitrogen functional groups attached to an aromatic ring is 1. The zero-order valence-corrected chi connectivity index (χ0v) is 12.7. The molecule has 1 aromatic carbocycles.